The van der Waals surface area contributed by atoms with Gasteiger partial charge in [0.25, 0.3) is 0 Å². The van der Waals surface area contributed by atoms with Crippen molar-refractivity contribution in [2.24, 2.45) is 17.1 Å². The highest BCUT2D eigenvalue weighted by Crippen LogP contribution is 2.18. The van der Waals surface area contributed by atoms with Crippen LogP contribution in [-0.4, -0.2) is 31.7 Å². The van der Waals surface area contributed by atoms with Crippen LogP contribution in [0.2, 0.25) is 0 Å². The molecule has 0 radical (unpaired) electrons. The molecule has 102 valence electrons. The van der Waals surface area contributed by atoms with E-state index >= 15 is 0 Å². The lowest BCUT2D eigenvalue weighted by molar-refractivity contribution is -0.124. The maximum absolute atomic E-state index is 11.8. The number of carbonyl (C=O) groups is 1. The average Bonchev–Trinajstić information content (AvgIpc) is 2.25. The van der Waals surface area contributed by atoms with Crippen LogP contribution in [0, 0.1) is 11.3 Å². The molecule has 3 N–H and O–H groups in total. The number of halogens is 1. The monoisotopic (exact) mass is 264 g/mol. The maximum Gasteiger partial charge on any atom is 0.237 e. The fraction of sp³-hybridized carbons (Fsp3) is 0.917. The average molecular weight is 265 g/mol. The highest BCUT2D eigenvalue weighted by molar-refractivity contribution is 5.85. The Balaban J connectivity index is 0.00000256. The van der Waals surface area contributed by atoms with Gasteiger partial charge in [-0.05, 0) is 24.2 Å². The van der Waals surface area contributed by atoms with E-state index in [1.807, 2.05) is 20.8 Å². The molecule has 0 aromatic rings. The zero-order chi connectivity index (χ0) is 12.2. The SMILES string of the molecule is CC(C)(C)[C@H](N)C(=O)NCC1CCOCC1.Cl. The van der Waals surface area contributed by atoms with Crippen LogP contribution in [0.5, 0.6) is 0 Å². The molecule has 1 fully saturated rings. The van der Waals surface area contributed by atoms with Crippen molar-refractivity contribution in [2.45, 2.75) is 39.7 Å². The van der Waals surface area contributed by atoms with Crippen molar-refractivity contribution < 1.29 is 9.53 Å². The molecular formula is C12H25ClN2O2. The van der Waals surface area contributed by atoms with Gasteiger partial charge in [-0.3, -0.25) is 4.79 Å². The highest BCUT2D eigenvalue weighted by Gasteiger charge is 2.27. The van der Waals surface area contributed by atoms with Gasteiger partial charge in [0.1, 0.15) is 0 Å². The first-order chi connectivity index (χ1) is 7.41. The topological polar surface area (TPSA) is 64.4 Å². The third-order valence-corrected chi connectivity index (χ3v) is 3.12. The molecule has 1 heterocycles. The lowest BCUT2D eigenvalue weighted by Gasteiger charge is -2.27. The normalized spacial score (nSPS) is 19.3. The molecule has 0 bridgehead atoms. The molecule has 0 aromatic carbocycles. The number of amides is 1. The zero-order valence-corrected chi connectivity index (χ0v) is 11.8. The number of carbonyl (C=O) groups excluding carboxylic acids is 1. The smallest absolute Gasteiger partial charge is 0.237 e. The van der Waals surface area contributed by atoms with Gasteiger partial charge in [-0.25, -0.2) is 0 Å². The number of hydrogen-bond acceptors (Lipinski definition) is 3. The molecule has 5 heteroatoms. The minimum Gasteiger partial charge on any atom is -0.381 e. The molecule has 1 aliphatic heterocycles. The van der Waals surface area contributed by atoms with E-state index in [2.05, 4.69) is 5.32 Å². The second kappa shape index (κ2) is 7.19. The van der Waals surface area contributed by atoms with E-state index in [0.717, 1.165) is 32.6 Å². The summed E-state index contributed by atoms with van der Waals surface area (Å²) in [5.74, 6) is 0.504. The molecule has 0 aliphatic carbocycles. The van der Waals surface area contributed by atoms with Gasteiger partial charge in [0.15, 0.2) is 0 Å². The molecule has 0 unspecified atom stereocenters. The fourth-order valence-electron chi connectivity index (χ4n) is 1.70. The van der Waals surface area contributed by atoms with Gasteiger partial charge in [-0.15, -0.1) is 12.4 Å². The lowest BCUT2D eigenvalue weighted by Crippen LogP contribution is -2.49. The Hall–Kier alpha value is -0.320. The van der Waals surface area contributed by atoms with Crippen LogP contribution in [0.25, 0.3) is 0 Å². The van der Waals surface area contributed by atoms with Gasteiger partial charge in [-0.2, -0.15) is 0 Å². The molecule has 1 aliphatic rings. The van der Waals surface area contributed by atoms with Crippen molar-refractivity contribution in [3.05, 3.63) is 0 Å². The Morgan fingerprint density at radius 1 is 1.41 bits per heavy atom. The maximum atomic E-state index is 11.8. The van der Waals surface area contributed by atoms with E-state index in [-0.39, 0.29) is 23.7 Å². The summed E-state index contributed by atoms with van der Waals surface area (Å²) >= 11 is 0. The Morgan fingerprint density at radius 3 is 2.41 bits per heavy atom. The quantitative estimate of drug-likeness (QED) is 0.808. The van der Waals surface area contributed by atoms with E-state index in [1.165, 1.54) is 0 Å². The van der Waals surface area contributed by atoms with Crippen LogP contribution in [0.15, 0.2) is 0 Å². The van der Waals surface area contributed by atoms with E-state index in [0.29, 0.717) is 5.92 Å². The molecule has 1 rings (SSSR count). The number of nitrogens with two attached hydrogens (primary N) is 1. The molecule has 1 saturated heterocycles. The third-order valence-electron chi connectivity index (χ3n) is 3.12. The predicted molar refractivity (Wildman–Crippen MR) is 71.2 cm³/mol. The largest absolute Gasteiger partial charge is 0.381 e. The number of rotatable bonds is 3. The first-order valence-electron chi connectivity index (χ1n) is 6.02. The summed E-state index contributed by atoms with van der Waals surface area (Å²) in [7, 11) is 0. The summed E-state index contributed by atoms with van der Waals surface area (Å²) in [6, 6.07) is -0.438. The van der Waals surface area contributed by atoms with Crippen molar-refractivity contribution in [1.29, 1.82) is 0 Å². The highest BCUT2D eigenvalue weighted by atomic mass is 35.5. The second-order valence-electron chi connectivity index (χ2n) is 5.64. The number of nitrogens with one attached hydrogen (secondary N) is 1. The summed E-state index contributed by atoms with van der Waals surface area (Å²) in [6.07, 6.45) is 2.07. The number of ether oxygens (including phenoxy) is 1. The second-order valence-corrected chi connectivity index (χ2v) is 5.64. The molecule has 0 spiro atoms. The van der Waals surface area contributed by atoms with Crippen LogP contribution in [0.4, 0.5) is 0 Å². The van der Waals surface area contributed by atoms with Crippen molar-refractivity contribution in [3.63, 3.8) is 0 Å². The minimum absolute atomic E-state index is 0. The van der Waals surface area contributed by atoms with Gasteiger partial charge >= 0.3 is 0 Å². The van der Waals surface area contributed by atoms with Gasteiger partial charge in [0.2, 0.25) is 5.91 Å². The minimum atomic E-state index is -0.438. The number of hydrogen-bond donors (Lipinski definition) is 2. The molecule has 4 nitrogen and oxygen atoms in total. The molecule has 0 saturated carbocycles. The fourth-order valence-corrected chi connectivity index (χ4v) is 1.70. The predicted octanol–water partition coefficient (Wildman–Crippen LogP) is 1.32. The summed E-state index contributed by atoms with van der Waals surface area (Å²) < 4.78 is 5.27. The van der Waals surface area contributed by atoms with Crippen molar-refractivity contribution in [2.75, 3.05) is 19.8 Å². The summed E-state index contributed by atoms with van der Waals surface area (Å²) in [5, 5.41) is 2.94. The molecular weight excluding hydrogens is 240 g/mol. The molecule has 17 heavy (non-hydrogen) atoms. The summed E-state index contributed by atoms with van der Waals surface area (Å²) in [4.78, 5) is 11.8. The van der Waals surface area contributed by atoms with Crippen molar-refractivity contribution in [3.8, 4) is 0 Å². The molecule has 0 aromatic heterocycles. The first-order valence-corrected chi connectivity index (χ1v) is 6.02. The van der Waals surface area contributed by atoms with Crippen molar-refractivity contribution in [1.82, 2.24) is 5.32 Å². The molecule has 1 amide bonds. The molecule has 1 atom stereocenters. The van der Waals surface area contributed by atoms with E-state index in [1.54, 1.807) is 0 Å². The third kappa shape index (κ3) is 5.70. The van der Waals surface area contributed by atoms with Crippen LogP contribution in [-0.2, 0) is 9.53 Å². The Labute approximate surface area is 110 Å². The Bertz CT molecular complexity index is 235. The van der Waals surface area contributed by atoms with Crippen LogP contribution in [0.1, 0.15) is 33.6 Å². The van der Waals surface area contributed by atoms with Crippen LogP contribution >= 0.6 is 12.4 Å². The van der Waals surface area contributed by atoms with Crippen molar-refractivity contribution >= 4 is 18.3 Å². The Kier molecular flexibility index (Phi) is 7.05. The van der Waals surface area contributed by atoms with Gasteiger partial charge in [0.05, 0.1) is 6.04 Å². The Morgan fingerprint density at radius 2 is 1.94 bits per heavy atom. The van der Waals surface area contributed by atoms with E-state index in [9.17, 15) is 4.79 Å². The van der Waals surface area contributed by atoms with Gasteiger partial charge in [-0.1, -0.05) is 20.8 Å². The van der Waals surface area contributed by atoms with Crippen LogP contribution in [0.3, 0.4) is 0 Å². The van der Waals surface area contributed by atoms with E-state index < -0.39 is 6.04 Å². The van der Waals surface area contributed by atoms with E-state index in [4.69, 9.17) is 10.5 Å². The lowest BCUT2D eigenvalue weighted by atomic mass is 9.87. The van der Waals surface area contributed by atoms with Crippen LogP contribution < -0.4 is 11.1 Å². The summed E-state index contributed by atoms with van der Waals surface area (Å²) in [6.45, 7) is 8.28. The zero-order valence-electron chi connectivity index (χ0n) is 11.0. The first kappa shape index (κ1) is 16.7. The van der Waals surface area contributed by atoms with Gasteiger partial charge < -0.3 is 15.8 Å². The van der Waals surface area contributed by atoms with Gasteiger partial charge in [0, 0.05) is 19.8 Å². The standard InChI is InChI=1S/C12H24N2O2.ClH/c1-12(2,3)10(13)11(15)14-8-9-4-6-16-7-5-9;/h9-10H,4-8,13H2,1-3H3,(H,14,15);1H/t10-;/m1./s1. The summed E-state index contributed by atoms with van der Waals surface area (Å²) in [5.41, 5.74) is 5.69.